The van der Waals surface area contributed by atoms with Gasteiger partial charge in [-0.25, -0.2) is 0 Å². The lowest BCUT2D eigenvalue weighted by Crippen LogP contribution is -2.16. The maximum atomic E-state index is 2.42. The highest BCUT2D eigenvalue weighted by Gasteiger charge is 2.36. The standard InChI is InChI=1S/C57H41N/c1-57(2)55-36-49(48-19-17-39-11-7-9-13-42(39)33-48)26-30-53(55)54-31-29-52(37-56(54)57)58(50-14-4-3-5-15-50)51-27-24-40(25-28-51)43-20-21-46-35-47(23-22-45(46)34-43)44-18-16-38-10-6-8-12-41(38)32-44/h3-37H,1-2H3. The van der Waals surface area contributed by atoms with Gasteiger partial charge in [0.05, 0.1) is 0 Å². The fraction of sp³-hybridized carbons (Fsp3) is 0.0526. The molecular weight excluding hydrogens is 699 g/mol. The summed E-state index contributed by atoms with van der Waals surface area (Å²) in [4.78, 5) is 2.39. The van der Waals surface area contributed by atoms with Gasteiger partial charge in [-0.15, -0.1) is 0 Å². The molecule has 0 saturated carbocycles. The highest BCUT2D eigenvalue weighted by Crippen LogP contribution is 2.51. The maximum absolute atomic E-state index is 2.42. The number of hydrogen-bond acceptors (Lipinski definition) is 1. The number of rotatable bonds is 6. The Labute approximate surface area is 340 Å². The van der Waals surface area contributed by atoms with Crippen molar-refractivity contribution in [3.05, 3.63) is 223 Å². The van der Waals surface area contributed by atoms with Gasteiger partial charge in [0.2, 0.25) is 0 Å². The first-order valence-corrected chi connectivity index (χ1v) is 20.2. The Hall–Kier alpha value is -7.22. The fourth-order valence-electron chi connectivity index (χ4n) is 9.21. The summed E-state index contributed by atoms with van der Waals surface area (Å²) in [6, 6.07) is 78.2. The second-order valence-electron chi connectivity index (χ2n) is 16.2. The zero-order valence-corrected chi connectivity index (χ0v) is 32.7. The normalized spacial score (nSPS) is 12.8. The van der Waals surface area contributed by atoms with Gasteiger partial charge >= 0.3 is 0 Å². The molecule has 274 valence electrons. The van der Waals surface area contributed by atoms with Gasteiger partial charge < -0.3 is 4.90 Å². The summed E-state index contributed by atoms with van der Waals surface area (Å²) in [5.74, 6) is 0. The van der Waals surface area contributed by atoms with Crippen molar-refractivity contribution in [3.63, 3.8) is 0 Å². The Morgan fingerprint density at radius 2 is 0.638 bits per heavy atom. The van der Waals surface area contributed by atoms with Crippen LogP contribution in [0.5, 0.6) is 0 Å². The van der Waals surface area contributed by atoms with E-state index in [0.29, 0.717) is 0 Å². The molecule has 0 amide bonds. The smallest absolute Gasteiger partial charge is 0.0465 e. The molecule has 0 radical (unpaired) electrons. The summed E-state index contributed by atoms with van der Waals surface area (Å²) in [5, 5.41) is 7.55. The second-order valence-corrected chi connectivity index (χ2v) is 16.2. The van der Waals surface area contributed by atoms with E-state index in [-0.39, 0.29) is 5.41 Å². The molecule has 1 aliphatic rings. The molecule has 0 fully saturated rings. The molecule has 1 aliphatic carbocycles. The quantitative estimate of drug-likeness (QED) is 0.164. The minimum absolute atomic E-state index is 0.161. The van der Waals surface area contributed by atoms with E-state index in [2.05, 4.69) is 231 Å². The maximum Gasteiger partial charge on any atom is 0.0465 e. The van der Waals surface area contributed by atoms with Crippen molar-refractivity contribution < 1.29 is 0 Å². The Morgan fingerprint density at radius 1 is 0.276 bits per heavy atom. The number of benzene rings is 10. The van der Waals surface area contributed by atoms with Crippen LogP contribution in [0.2, 0.25) is 0 Å². The van der Waals surface area contributed by atoms with Gasteiger partial charge in [0, 0.05) is 22.5 Å². The summed E-state index contributed by atoms with van der Waals surface area (Å²) in [5.41, 5.74) is 16.0. The van der Waals surface area contributed by atoms with Gasteiger partial charge in [-0.05, 0) is 155 Å². The highest BCUT2D eigenvalue weighted by molar-refractivity contribution is 5.94. The van der Waals surface area contributed by atoms with Crippen molar-refractivity contribution in [1.82, 2.24) is 0 Å². The first-order chi connectivity index (χ1) is 28.5. The van der Waals surface area contributed by atoms with Gasteiger partial charge in [-0.2, -0.15) is 0 Å². The van der Waals surface area contributed by atoms with Gasteiger partial charge in [-0.1, -0.05) is 159 Å². The molecule has 0 N–H and O–H groups in total. The van der Waals surface area contributed by atoms with Crippen LogP contribution in [-0.2, 0) is 5.41 Å². The van der Waals surface area contributed by atoms with Gasteiger partial charge in [0.25, 0.3) is 0 Å². The van der Waals surface area contributed by atoms with Gasteiger partial charge in [-0.3, -0.25) is 0 Å². The van der Waals surface area contributed by atoms with E-state index in [4.69, 9.17) is 0 Å². The Bertz CT molecular complexity index is 3190. The molecule has 0 aromatic heterocycles. The molecule has 0 spiro atoms. The second kappa shape index (κ2) is 13.5. The molecule has 0 unspecified atom stereocenters. The molecule has 10 aromatic carbocycles. The van der Waals surface area contributed by atoms with Crippen LogP contribution < -0.4 is 4.90 Å². The molecular formula is C57H41N. The summed E-state index contributed by atoms with van der Waals surface area (Å²) in [6.07, 6.45) is 0. The van der Waals surface area contributed by atoms with Crippen molar-refractivity contribution in [2.45, 2.75) is 19.3 Å². The lowest BCUT2D eigenvalue weighted by Gasteiger charge is -2.28. The minimum Gasteiger partial charge on any atom is -0.310 e. The Balaban J connectivity index is 0.911. The van der Waals surface area contributed by atoms with E-state index >= 15 is 0 Å². The number of fused-ring (bicyclic) bond motifs is 6. The summed E-state index contributed by atoms with van der Waals surface area (Å²) in [6.45, 7) is 4.75. The van der Waals surface area contributed by atoms with Crippen LogP contribution >= 0.6 is 0 Å². The van der Waals surface area contributed by atoms with Crippen molar-refractivity contribution in [2.75, 3.05) is 4.90 Å². The molecule has 0 heterocycles. The average Bonchev–Trinajstić information content (AvgIpc) is 3.51. The van der Waals surface area contributed by atoms with Crippen LogP contribution in [0, 0.1) is 0 Å². The molecule has 0 atom stereocenters. The minimum atomic E-state index is -0.161. The van der Waals surface area contributed by atoms with E-state index in [0.717, 1.165) is 17.1 Å². The first kappa shape index (κ1) is 34.1. The average molecular weight is 740 g/mol. The third kappa shape index (κ3) is 5.78. The topological polar surface area (TPSA) is 3.24 Å². The molecule has 0 saturated heterocycles. The summed E-state index contributed by atoms with van der Waals surface area (Å²) in [7, 11) is 0. The molecule has 0 aliphatic heterocycles. The molecule has 0 bridgehead atoms. The van der Waals surface area contributed by atoms with Crippen LogP contribution in [0.4, 0.5) is 17.1 Å². The van der Waals surface area contributed by atoms with Crippen molar-refractivity contribution in [2.24, 2.45) is 0 Å². The van der Waals surface area contributed by atoms with Crippen LogP contribution in [0.3, 0.4) is 0 Å². The molecule has 11 rings (SSSR count). The fourth-order valence-corrected chi connectivity index (χ4v) is 9.21. The lowest BCUT2D eigenvalue weighted by molar-refractivity contribution is 0.660. The van der Waals surface area contributed by atoms with Crippen LogP contribution in [-0.4, -0.2) is 0 Å². The molecule has 58 heavy (non-hydrogen) atoms. The van der Waals surface area contributed by atoms with Crippen molar-refractivity contribution in [3.8, 4) is 44.5 Å². The zero-order valence-electron chi connectivity index (χ0n) is 32.7. The first-order valence-electron chi connectivity index (χ1n) is 20.2. The summed E-state index contributed by atoms with van der Waals surface area (Å²) < 4.78 is 0. The molecule has 10 aromatic rings. The van der Waals surface area contributed by atoms with Crippen LogP contribution in [0.25, 0.3) is 76.8 Å². The van der Waals surface area contributed by atoms with Gasteiger partial charge in [0.1, 0.15) is 0 Å². The van der Waals surface area contributed by atoms with Crippen molar-refractivity contribution in [1.29, 1.82) is 0 Å². The zero-order chi connectivity index (χ0) is 38.8. The Morgan fingerprint density at radius 3 is 1.21 bits per heavy atom. The monoisotopic (exact) mass is 739 g/mol. The Kier molecular flexibility index (Phi) is 7.91. The number of para-hydroxylation sites is 1. The lowest BCUT2D eigenvalue weighted by atomic mass is 9.81. The predicted molar refractivity (Wildman–Crippen MR) is 248 cm³/mol. The highest BCUT2D eigenvalue weighted by atomic mass is 15.1. The molecule has 1 heteroatoms. The third-order valence-corrected chi connectivity index (χ3v) is 12.4. The number of nitrogens with zero attached hydrogens (tertiary/aromatic N) is 1. The predicted octanol–water partition coefficient (Wildman–Crippen LogP) is 15.9. The van der Waals surface area contributed by atoms with E-state index in [9.17, 15) is 0 Å². The SMILES string of the molecule is CC1(C)c2cc(-c3ccc4ccccc4c3)ccc2-c2ccc(N(c3ccccc3)c3ccc(-c4ccc5cc(-c6ccc7ccccc7c6)ccc5c4)cc3)cc21. The van der Waals surface area contributed by atoms with E-state index in [1.54, 1.807) is 0 Å². The molecule has 1 nitrogen and oxygen atoms in total. The van der Waals surface area contributed by atoms with Gasteiger partial charge in [0.15, 0.2) is 0 Å². The number of anilines is 3. The summed E-state index contributed by atoms with van der Waals surface area (Å²) >= 11 is 0. The van der Waals surface area contributed by atoms with Crippen LogP contribution in [0.15, 0.2) is 212 Å². The van der Waals surface area contributed by atoms with Crippen LogP contribution in [0.1, 0.15) is 25.0 Å². The van der Waals surface area contributed by atoms with E-state index in [1.165, 1.54) is 88.0 Å². The third-order valence-electron chi connectivity index (χ3n) is 12.4. The number of hydrogen-bond donors (Lipinski definition) is 0. The van der Waals surface area contributed by atoms with Crippen molar-refractivity contribution >= 4 is 49.4 Å². The van der Waals surface area contributed by atoms with E-state index < -0.39 is 0 Å². The largest absolute Gasteiger partial charge is 0.310 e. The van der Waals surface area contributed by atoms with E-state index in [1.807, 2.05) is 0 Å².